The lowest BCUT2D eigenvalue weighted by atomic mass is 10.1. The molecular formula is C15H11ClN2O2. The first-order valence-corrected chi connectivity index (χ1v) is 6.41. The molecule has 0 saturated carbocycles. The van der Waals surface area contributed by atoms with E-state index in [0.29, 0.717) is 27.5 Å². The average Bonchev–Trinajstić information content (AvgIpc) is 2.65. The second-order valence-electron chi connectivity index (χ2n) is 4.68. The molecule has 0 spiro atoms. The minimum atomic E-state index is -0.373. The Morgan fingerprint density at radius 3 is 2.45 bits per heavy atom. The largest absolute Gasteiger partial charge is 0.399 e. The van der Waals surface area contributed by atoms with Gasteiger partial charge in [0.25, 0.3) is 11.8 Å². The number of nitrogen functional groups attached to an aromatic ring is 1. The molecule has 5 heteroatoms. The standard InChI is InChI=1S/C15H11ClN2O2/c1-8-2-3-9(16)6-13(8)18-14(19)11-5-4-10(17)7-12(11)15(18)20/h2-7H,17H2,1H3. The van der Waals surface area contributed by atoms with Crippen LogP contribution >= 0.6 is 11.6 Å². The number of nitrogens with two attached hydrogens (primary N) is 1. The van der Waals surface area contributed by atoms with Gasteiger partial charge in [-0.25, -0.2) is 4.90 Å². The number of rotatable bonds is 1. The summed E-state index contributed by atoms with van der Waals surface area (Å²) in [7, 11) is 0. The lowest BCUT2D eigenvalue weighted by Gasteiger charge is -2.16. The van der Waals surface area contributed by atoms with Crippen molar-refractivity contribution in [2.45, 2.75) is 6.92 Å². The van der Waals surface area contributed by atoms with Gasteiger partial charge in [0, 0.05) is 10.7 Å². The van der Waals surface area contributed by atoms with Crippen molar-refractivity contribution in [1.82, 2.24) is 0 Å². The molecule has 100 valence electrons. The van der Waals surface area contributed by atoms with Gasteiger partial charge in [-0.2, -0.15) is 0 Å². The number of hydrogen-bond acceptors (Lipinski definition) is 3. The fourth-order valence-electron chi connectivity index (χ4n) is 2.30. The summed E-state index contributed by atoms with van der Waals surface area (Å²) in [5.41, 5.74) is 8.12. The van der Waals surface area contributed by atoms with Gasteiger partial charge in [0.2, 0.25) is 0 Å². The van der Waals surface area contributed by atoms with Crippen molar-refractivity contribution < 1.29 is 9.59 Å². The summed E-state index contributed by atoms with van der Waals surface area (Å²) in [5.74, 6) is -0.724. The van der Waals surface area contributed by atoms with Crippen LogP contribution in [0.1, 0.15) is 26.3 Å². The highest BCUT2D eigenvalue weighted by molar-refractivity contribution is 6.36. The molecule has 2 amide bonds. The van der Waals surface area contributed by atoms with Crippen molar-refractivity contribution in [2.75, 3.05) is 10.6 Å². The number of amides is 2. The molecule has 0 unspecified atom stereocenters. The van der Waals surface area contributed by atoms with Gasteiger partial charge in [-0.3, -0.25) is 9.59 Å². The van der Waals surface area contributed by atoms with E-state index in [1.54, 1.807) is 30.3 Å². The number of nitrogens with zero attached hydrogens (tertiary/aromatic N) is 1. The van der Waals surface area contributed by atoms with Crippen molar-refractivity contribution >= 4 is 34.8 Å². The Bertz CT molecular complexity index is 756. The predicted octanol–water partition coefficient (Wildman–Crippen LogP) is 3.03. The summed E-state index contributed by atoms with van der Waals surface area (Å²) in [5, 5.41) is 0.474. The minimum absolute atomic E-state index is 0.328. The summed E-state index contributed by atoms with van der Waals surface area (Å²) in [6, 6.07) is 9.81. The van der Waals surface area contributed by atoms with E-state index in [0.717, 1.165) is 10.5 Å². The first-order valence-electron chi connectivity index (χ1n) is 6.03. The highest BCUT2D eigenvalue weighted by atomic mass is 35.5. The second-order valence-corrected chi connectivity index (χ2v) is 5.12. The van der Waals surface area contributed by atoms with Gasteiger partial charge in [-0.05, 0) is 42.8 Å². The molecule has 0 aliphatic carbocycles. The number of aryl methyl sites for hydroxylation is 1. The summed E-state index contributed by atoms with van der Waals surface area (Å²) in [6.45, 7) is 1.82. The Labute approximate surface area is 120 Å². The number of imide groups is 1. The fraction of sp³-hybridized carbons (Fsp3) is 0.0667. The zero-order valence-electron chi connectivity index (χ0n) is 10.7. The first-order chi connectivity index (χ1) is 9.49. The molecule has 0 aromatic heterocycles. The molecule has 4 nitrogen and oxygen atoms in total. The molecule has 1 heterocycles. The monoisotopic (exact) mass is 286 g/mol. The maximum absolute atomic E-state index is 12.4. The van der Waals surface area contributed by atoms with Gasteiger partial charge in [0.15, 0.2) is 0 Å². The highest BCUT2D eigenvalue weighted by Crippen LogP contribution is 2.32. The van der Waals surface area contributed by atoms with E-state index in [2.05, 4.69) is 0 Å². The third kappa shape index (κ3) is 1.77. The number of halogens is 1. The van der Waals surface area contributed by atoms with Crippen molar-refractivity contribution in [2.24, 2.45) is 0 Å². The van der Waals surface area contributed by atoms with Gasteiger partial charge < -0.3 is 5.73 Å². The molecule has 0 atom stereocenters. The van der Waals surface area contributed by atoms with E-state index in [1.165, 1.54) is 6.07 Å². The summed E-state index contributed by atoms with van der Waals surface area (Å²) < 4.78 is 0. The lowest BCUT2D eigenvalue weighted by molar-refractivity contribution is 0.0926. The van der Waals surface area contributed by atoms with Crippen LogP contribution < -0.4 is 10.6 Å². The van der Waals surface area contributed by atoms with Crippen LogP contribution in [-0.4, -0.2) is 11.8 Å². The quantitative estimate of drug-likeness (QED) is 0.647. The van der Waals surface area contributed by atoms with Gasteiger partial charge in [-0.15, -0.1) is 0 Å². The number of carbonyl (C=O) groups is 2. The normalized spacial score (nSPS) is 13.8. The van der Waals surface area contributed by atoms with Gasteiger partial charge in [0.05, 0.1) is 16.8 Å². The molecule has 0 bridgehead atoms. The highest BCUT2D eigenvalue weighted by Gasteiger charge is 2.37. The molecule has 1 aliphatic rings. The van der Waals surface area contributed by atoms with Crippen molar-refractivity contribution in [3.8, 4) is 0 Å². The fourth-order valence-corrected chi connectivity index (χ4v) is 2.47. The topological polar surface area (TPSA) is 63.4 Å². The van der Waals surface area contributed by atoms with E-state index in [4.69, 9.17) is 17.3 Å². The molecule has 2 aromatic carbocycles. The van der Waals surface area contributed by atoms with Gasteiger partial charge >= 0.3 is 0 Å². The maximum Gasteiger partial charge on any atom is 0.266 e. The van der Waals surface area contributed by atoms with Crippen molar-refractivity contribution in [3.63, 3.8) is 0 Å². The first kappa shape index (κ1) is 12.7. The van der Waals surface area contributed by atoms with Crippen molar-refractivity contribution in [3.05, 3.63) is 58.1 Å². The van der Waals surface area contributed by atoms with Gasteiger partial charge in [-0.1, -0.05) is 17.7 Å². The molecule has 0 radical (unpaired) electrons. The Kier molecular flexibility index (Phi) is 2.76. The van der Waals surface area contributed by atoms with E-state index in [9.17, 15) is 9.59 Å². The minimum Gasteiger partial charge on any atom is -0.399 e. The van der Waals surface area contributed by atoms with E-state index in [1.807, 2.05) is 6.92 Å². The Morgan fingerprint density at radius 1 is 1.00 bits per heavy atom. The zero-order valence-corrected chi connectivity index (χ0v) is 11.4. The molecule has 0 fully saturated rings. The van der Waals surface area contributed by atoms with Crippen LogP contribution in [0.2, 0.25) is 5.02 Å². The maximum atomic E-state index is 12.4. The number of anilines is 2. The lowest BCUT2D eigenvalue weighted by Crippen LogP contribution is -2.30. The average molecular weight is 287 g/mol. The predicted molar refractivity (Wildman–Crippen MR) is 78.2 cm³/mol. The molecule has 2 N–H and O–H groups in total. The second kappa shape index (κ2) is 4.35. The summed E-state index contributed by atoms with van der Waals surface area (Å²) in [4.78, 5) is 26.0. The Balaban J connectivity index is 2.16. The summed E-state index contributed by atoms with van der Waals surface area (Å²) >= 11 is 5.96. The third-order valence-electron chi connectivity index (χ3n) is 3.32. The zero-order chi connectivity index (χ0) is 14.4. The van der Waals surface area contributed by atoms with Crippen LogP contribution in [0.5, 0.6) is 0 Å². The Morgan fingerprint density at radius 2 is 1.70 bits per heavy atom. The van der Waals surface area contributed by atoms with E-state index in [-0.39, 0.29) is 11.8 Å². The van der Waals surface area contributed by atoms with Crippen LogP contribution in [0.3, 0.4) is 0 Å². The molecule has 2 aromatic rings. The SMILES string of the molecule is Cc1ccc(Cl)cc1N1C(=O)c2ccc(N)cc2C1=O. The van der Waals surface area contributed by atoms with Gasteiger partial charge in [0.1, 0.15) is 0 Å². The summed E-state index contributed by atoms with van der Waals surface area (Å²) in [6.07, 6.45) is 0. The number of benzene rings is 2. The Hall–Kier alpha value is -2.33. The number of hydrogen-bond donors (Lipinski definition) is 1. The molecule has 20 heavy (non-hydrogen) atoms. The van der Waals surface area contributed by atoms with E-state index >= 15 is 0 Å². The molecule has 0 saturated heterocycles. The molecule has 3 rings (SSSR count). The molecule has 1 aliphatic heterocycles. The van der Waals surface area contributed by atoms with Crippen LogP contribution in [0.4, 0.5) is 11.4 Å². The number of fused-ring (bicyclic) bond motifs is 1. The van der Waals surface area contributed by atoms with Crippen LogP contribution in [0.15, 0.2) is 36.4 Å². The van der Waals surface area contributed by atoms with Crippen LogP contribution in [0, 0.1) is 6.92 Å². The van der Waals surface area contributed by atoms with E-state index < -0.39 is 0 Å². The van der Waals surface area contributed by atoms with Crippen molar-refractivity contribution in [1.29, 1.82) is 0 Å². The molecular weight excluding hydrogens is 276 g/mol. The third-order valence-corrected chi connectivity index (χ3v) is 3.56. The number of carbonyl (C=O) groups excluding carboxylic acids is 2. The van der Waals surface area contributed by atoms with Crippen LogP contribution in [0.25, 0.3) is 0 Å². The smallest absolute Gasteiger partial charge is 0.266 e. The van der Waals surface area contributed by atoms with Crippen LogP contribution in [-0.2, 0) is 0 Å².